The van der Waals surface area contributed by atoms with E-state index in [4.69, 9.17) is 5.73 Å². The van der Waals surface area contributed by atoms with Crippen molar-refractivity contribution in [2.75, 3.05) is 39.8 Å². The molecule has 0 spiro atoms. The van der Waals surface area contributed by atoms with Gasteiger partial charge >= 0.3 is 5.97 Å². The number of hydrogen-bond acceptors (Lipinski definition) is 5. The zero-order valence-electron chi connectivity index (χ0n) is 11.7. The molecule has 1 aliphatic heterocycles. The molecule has 2 fully saturated rings. The summed E-state index contributed by atoms with van der Waals surface area (Å²) in [6.45, 7) is 4.79. The summed E-state index contributed by atoms with van der Waals surface area (Å²) in [5, 5.41) is 0. The van der Waals surface area contributed by atoms with Crippen LogP contribution in [0.5, 0.6) is 0 Å². The van der Waals surface area contributed by atoms with Crippen LogP contribution in [0.1, 0.15) is 19.8 Å². The number of hydrogen-bond donors (Lipinski definition) is 1. The number of nitrogens with two attached hydrogens (primary N) is 1. The summed E-state index contributed by atoms with van der Waals surface area (Å²) in [5.74, 6) is 0.155. The Morgan fingerprint density at radius 3 is 2.32 bits per heavy atom. The van der Waals surface area contributed by atoms with E-state index in [1.807, 2.05) is 16.7 Å². The lowest BCUT2D eigenvalue weighted by atomic mass is 9.95. The average molecular weight is 269 g/mol. The Hall–Kier alpha value is -1.14. The number of carbonyl (C=O) groups is 2. The molecule has 2 aliphatic rings. The summed E-state index contributed by atoms with van der Waals surface area (Å²) in [7, 11) is 1.39. The molecule has 0 aromatic carbocycles. The third-order valence-corrected chi connectivity index (χ3v) is 4.13. The molecule has 19 heavy (non-hydrogen) atoms. The summed E-state index contributed by atoms with van der Waals surface area (Å²) in [6.07, 6.45) is 2.11. The topological polar surface area (TPSA) is 75.9 Å². The fourth-order valence-corrected chi connectivity index (χ4v) is 2.55. The Morgan fingerprint density at radius 2 is 1.84 bits per heavy atom. The summed E-state index contributed by atoms with van der Waals surface area (Å²) in [5.41, 5.74) is 5.44. The van der Waals surface area contributed by atoms with E-state index in [1.54, 1.807) is 0 Å². The van der Waals surface area contributed by atoms with E-state index < -0.39 is 5.54 Å². The Kier molecular flexibility index (Phi) is 4.10. The molecule has 1 aliphatic carbocycles. The van der Waals surface area contributed by atoms with Gasteiger partial charge in [-0.05, 0) is 25.7 Å². The van der Waals surface area contributed by atoms with Crippen molar-refractivity contribution in [1.29, 1.82) is 0 Å². The highest BCUT2D eigenvalue weighted by molar-refractivity contribution is 5.86. The van der Waals surface area contributed by atoms with E-state index in [1.165, 1.54) is 7.11 Å². The molecule has 0 aromatic rings. The molecule has 1 unspecified atom stereocenters. The third kappa shape index (κ3) is 3.25. The fraction of sp³-hybridized carbons (Fsp3) is 0.846. The molecule has 108 valence electrons. The number of carbonyl (C=O) groups excluding carboxylic acids is 2. The summed E-state index contributed by atoms with van der Waals surface area (Å²) in [6, 6.07) is 0. The van der Waals surface area contributed by atoms with Crippen molar-refractivity contribution in [2.24, 2.45) is 11.7 Å². The molecular formula is C13H23N3O3. The molecule has 0 bridgehead atoms. The normalized spacial score (nSPS) is 23.8. The van der Waals surface area contributed by atoms with Gasteiger partial charge in [-0.1, -0.05) is 0 Å². The number of piperazine rings is 1. The maximum atomic E-state index is 12.4. The summed E-state index contributed by atoms with van der Waals surface area (Å²) >= 11 is 0. The number of nitrogens with zero attached hydrogens (tertiary/aromatic N) is 2. The van der Waals surface area contributed by atoms with Crippen molar-refractivity contribution in [2.45, 2.75) is 25.3 Å². The fourth-order valence-electron chi connectivity index (χ4n) is 2.55. The van der Waals surface area contributed by atoms with Crippen molar-refractivity contribution >= 4 is 11.9 Å². The number of rotatable bonds is 4. The van der Waals surface area contributed by atoms with Gasteiger partial charge in [0.1, 0.15) is 0 Å². The maximum absolute atomic E-state index is 12.4. The summed E-state index contributed by atoms with van der Waals surface area (Å²) < 4.78 is 4.64. The molecule has 1 saturated heterocycles. The molecule has 2 N–H and O–H groups in total. The maximum Gasteiger partial charge on any atom is 0.319 e. The zero-order valence-corrected chi connectivity index (χ0v) is 11.7. The molecule has 1 atom stereocenters. The van der Waals surface area contributed by atoms with Gasteiger partial charge in [0.15, 0.2) is 0 Å². The molecule has 0 aromatic heterocycles. The van der Waals surface area contributed by atoms with E-state index in [-0.39, 0.29) is 11.9 Å². The van der Waals surface area contributed by atoms with E-state index in [0.29, 0.717) is 38.6 Å². The van der Waals surface area contributed by atoms with Gasteiger partial charge in [-0.15, -0.1) is 0 Å². The van der Waals surface area contributed by atoms with Crippen LogP contribution in [0.2, 0.25) is 0 Å². The molecule has 1 heterocycles. The minimum atomic E-state index is -0.718. The SMILES string of the molecule is COC(=O)CN1CCN(C(=O)C(C)(N)C2CC2)CC1. The van der Waals surface area contributed by atoms with Crippen LogP contribution in [0.25, 0.3) is 0 Å². The standard InChI is InChI=1S/C13H23N3O3/c1-13(14,10-3-4-10)12(18)16-7-5-15(6-8-16)9-11(17)19-2/h10H,3-9,14H2,1-2H3. The average Bonchev–Trinajstić information content (AvgIpc) is 3.23. The predicted octanol–water partition coefficient (Wildman–Crippen LogP) is -0.569. The lowest BCUT2D eigenvalue weighted by molar-refractivity contribution is -0.143. The zero-order chi connectivity index (χ0) is 14.0. The van der Waals surface area contributed by atoms with E-state index in [0.717, 1.165) is 12.8 Å². The van der Waals surface area contributed by atoms with Crippen LogP contribution in [0, 0.1) is 5.92 Å². The lowest BCUT2D eigenvalue weighted by Gasteiger charge is -2.38. The van der Waals surface area contributed by atoms with Gasteiger partial charge in [0, 0.05) is 26.2 Å². The minimum absolute atomic E-state index is 0.0488. The van der Waals surface area contributed by atoms with Gasteiger partial charge in [0.05, 0.1) is 19.2 Å². The van der Waals surface area contributed by atoms with Crippen LogP contribution < -0.4 is 5.73 Å². The highest BCUT2D eigenvalue weighted by atomic mass is 16.5. The quantitative estimate of drug-likeness (QED) is 0.692. The molecule has 6 heteroatoms. The van der Waals surface area contributed by atoms with Gasteiger partial charge in [0.2, 0.25) is 5.91 Å². The first-order valence-corrected chi connectivity index (χ1v) is 6.82. The highest BCUT2D eigenvalue weighted by Gasteiger charge is 2.46. The third-order valence-electron chi connectivity index (χ3n) is 4.13. The molecule has 1 amide bonds. The van der Waals surface area contributed by atoms with Crippen LogP contribution in [0.4, 0.5) is 0 Å². The second kappa shape index (κ2) is 5.46. The van der Waals surface area contributed by atoms with Crippen molar-refractivity contribution in [3.63, 3.8) is 0 Å². The van der Waals surface area contributed by atoms with E-state index >= 15 is 0 Å². The Balaban J connectivity index is 1.82. The lowest BCUT2D eigenvalue weighted by Crippen LogP contribution is -2.59. The van der Waals surface area contributed by atoms with Gasteiger partial charge in [-0.3, -0.25) is 14.5 Å². The van der Waals surface area contributed by atoms with Gasteiger partial charge in [-0.25, -0.2) is 0 Å². The molecule has 0 radical (unpaired) electrons. The predicted molar refractivity (Wildman–Crippen MR) is 70.4 cm³/mol. The van der Waals surface area contributed by atoms with Gasteiger partial charge in [-0.2, -0.15) is 0 Å². The Morgan fingerprint density at radius 1 is 1.26 bits per heavy atom. The molecular weight excluding hydrogens is 246 g/mol. The first-order chi connectivity index (χ1) is 8.95. The van der Waals surface area contributed by atoms with Crippen molar-refractivity contribution in [3.8, 4) is 0 Å². The van der Waals surface area contributed by atoms with Gasteiger partial charge < -0.3 is 15.4 Å². The smallest absolute Gasteiger partial charge is 0.319 e. The number of esters is 1. The van der Waals surface area contributed by atoms with Gasteiger partial charge in [0.25, 0.3) is 0 Å². The van der Waals surface area contributed by atoms with Crippen molar-refractivity contribution < 1.29 is 14.3 Å². The van der Waals surface area contributed by atoms with Crippen LogP contribution in [-0.4, -0.2) is 67.0 Å². The Bertz CT molecular complexity index is 358. The van der Waals surface area contributed by atoms with E-state index in [2.05, 4.69) is 4.74 Å². The highest BCUT2D eigenvalue weighted by Crippen LogP contribution is 2.39. The van der Waals surface area contributed by atoms with Crippen LogP contribution >= 0.6 is 0 Å². The van der Waals surface area contributed by atoms with Crippen LogP contribution in [-0.2, 0) is 14.3 Å². The number of amides is 1. The number of ether oxygens (including phenoxy) is 1. The van der Waals surface area contributed by atoms with Crippen LogP contribution in [0.15, 0.2) is 0 Å². The number of methoxy groups -OCH3 is 1. The van der Waals surface area contributed by atoms with Crippen molar-refractivity contribution in [3.05, 3.63) is 0 Å². The summed E-state index contributed by atoms with van der Waals surface area (Å²) in [4.78, 5) is 27.4. The second-order valence-corrected chi connectivity index (χ2v) is 5.70. The second-order valence-electron chi connectivity index (χ2n) is 5.70. The largest absolute Gasteiger partial charge is 0.468 e. The van der Waals surface area contributed by atoms with E-state index in [9.17, 15) is 9.59 Å². The monoisotopic (exact) mass is 269 g/mol. The molecule has 6 nitrogen and oxygen atoms in total. The molecule has 2 rings (SSSR count). The first kappa shape index (κ1) is 14.3. The Labute approximate surface area is 113 Å². The van der Waals surface area contributed by atoms with Crippen LogP contribution in [0.3, 0.4) is 0 Å². The first-order valence-electron chi connectivity index (χ1n) is 6.82. The minimum Gasteiger partial charge on any atom is -0.468 e. The molecule has 1 saturated carbocycles. The van der Waals surface area contributed by atoms with Crippen molar-refractivity contribution in [1.82, 2.24) is 9.80 Å².